The lowest BCUT2D eigenvalue weighted by Gasteiger charge is -2.28. The summed E-state index contributed by atoms with van der Waals surface area (Å²) in [4.78, 5) is 42.3. The number of anilines is 1. The molecule has 1 aliphatic carbocycles. The van der Waals surface area contributed by atoms with E-state index in [1.54, 1.807) is 38.4 Å². The molecule has 0 spiro atoms. The van der Waals surface area contributed by atoms with Crippen molar-refractivity contribution in [3.63, 3.8) is 0 Å². The second kappa shape index (κ2) is 10.9. The van der Waals surface area contributed by atoms with E-state index in [1.165, 1.54) is 35.1 Å². The lowest BCUT2D eigenvalue weighted by molar-refractivity contribution is -0.141. The summed E-state index contributed by atoms with van der Waals surface area (Å²) in [5, 5.41) is 6.83. The molecule has 12 heteroatoms. The first kappa shape index (κ1) is 28.2. The normalized spacial score (nSPS) is 15.6. The number of carbonyl (C=O) groups excluding carboxylic acids is 3. The van der Waals surface area contributed by atoms with E-state index in [-0.39, 0.29) is 47.4 Å². The molecule has 216 valence electrons. The van der Waals surface area contributed by atoms with Gasteiger partial charge in [-0.05, 0) is 61.7 Å². The molecule has 1 aliphatic heterocycles. The Morgan fingerprint density at radius 2 is 1.76 bits per heavy atom. The molecule has 41 heavy (non-hydrogen) atoms. The number of carbonyl (C=O) groups is 3. The molecule has 1 saturated carbocycles. The monoisotopic (exact) mass is 569 g/mol. The summed E-state index contributed by atoms with van der Waals surface area (Å²) in [7, 11) is 4.66. The smallest absolute Gasteiger partial charge is 0.435 e. The van der Waals surface area contributed by atoms with Crippen molar-refractivity contribution < 1.29 is 32.3 Å². The molecule has 0 atom stereocenters. The average molecular weight is 570 g/mol. The van der Waals surface area contributed by atoms with E-state index in [1.807, 2.05) is 0 Å². The second-order valence-electron chi connectivity index (χ2n) is 10.4. The number of aromatic nitrogens is 2. The van der Waals surface area contributed by atoms with Crippen LogP contribution in [0.3, 0.4) is 0 Å². The minimum Gasteiger partial charge on any atom is -0.497 e. The van der Waals surface area contributed by atoms with E-state index in [2.05, 4.69) is 10.4 Å². The van der Waals surface area contributed by atoms with Crippen LogP contribution in [0, 0.1) is 0 Å². The molecule has 0 bridgehead atoms. The molecule has 5 rings (SSSR count). The Morgan fingerprint density at radius 3 is 2.37 bits per heavy atom. The predicted molar refractivity (Wildman–Crippen MR) is 145 cm³/mol. The number of alkyl halides is 3. The fraction of sp³-hybridized carbons (Fsp3) is 0.379. The van der Waals surface area contributed by atoms with Crippen LogP contribution in [0.1, 0.15) is 68.1 Å². The molecule has 0 saturated heterocycles. The number of methoxy groups -OCH3 is 1. The fourth-order valence-corrected chi connectivity index (χ4v) is 5.39. The summed E-state index contributed by atoms with van der Waals surface area (Å²) in [5.41, 5.74) is -0.740. The van der Waals surface area contributed by atoms with Crippen molar-refractivity contribution >= 4 is 23.4 Å². The zero-order chi connectivity index (χ0) is 29.5. The maximum Gasteiger partial charge on any atom is 0.435 e. The van der Waals surface area contributed by atoms with Gasteiger partial charge in [0.15, 0.2) is 5.69 Å². The molecule has 3 amide bonds. The van der Waals surface area contributed by atoms with E-state index < -0.39 is 23.7 Å². The third-order valence-corrected chi connectivity index (χ3v) is 7.48. The number of halogens is 3. The van der Waals surface area contributed by atoms with Gasteiger partial charge in [-0.1, -0.05) is 12.8 Å². The molecule has 2 aromatic carbocycles. The molecular weight excluding hydrogens is 539 g/mol. The van der Waals surface area contributed by atoms with E-state index in [4.69, 9.17) is 4.74 Å². The van der Waals surface area contributed by atoms with E-state index >= 15 is 0 Å². The molecule has 0 radical (unpaired) electrons. The lowest BCUT2D eigenvalue weighted by atomic mass is 10.0. The Labute approximate surface area is 234 Å². The summed E-state index contributed by atoms with van der Waals surface area (Å²) in [6, 6.07) is 10.6. The van der Waals surface area contributed by atoms with Crippen LogP contribution in [0.25, 0.3) is 5.69 Å². The van der Waals surface area contributed by atoms with Crippen molar-refractivity contribution in [2.75, 3.05) is 32.6 Å². The summed E-state index contributed by atoms with van der Waals surface area (Å²) in [5.74, 6) is -1.06. The number of amides is 3. The number of benzene rings is 2. The van der Waals surface area contributed by atoms with Crippen molar-refractivity contribution in [1.29, 1.82) is 0 Å². The molecule has 1 fully saturated rings. The Morgan fingerprint density at radius 1 is 1.07 bits per heavy atom. The number of nitrogens with one attached hydrogen (secondary N) is 1. The highest BCUT2D eigenvalue weighted by Crippen LogP contribution is 2.38. The van der Waals surface area contributed by atoms with E-state index in [0.29, 0.717) is 17.0 Å². The predicted octanol–water partition coefficient (Wildman–Crippen LogP) is 4.48. The van der Waals surface area contributed by atoms with Crippen LogP contribution in [0.2, 0.25) is 0 Å². The van der Waals surface area contributed by atoms with Gasteiger partial charge in [-0.25, -0.2) is 4.68 Å². The van der Waals surface area contributed by atoms with Gasteiger partial charge in [0.05, 0.1) is 18.4 Å². The van der Waals surface area contributed by atoms with Crippen LogP contribution in [-0.2, 0) is 12.6 Å². The largest absolute Gasteiger partial charge is 0.497 e. The highest BCUT2D eigenvalue weighted by atomic mass is 19.4. The van der Waals surface area contributed by atoms with Crippen LogP contribution in [0.15, 0.2) is 42.5 Å². The summed E-state index contributed by atoms with van der Waals surface area (Å²) in [6.07, 6.45) is -1.34. The van der Waals surface area contributed by atoms with Gasteiger partial charge in [-0.15, -0.1) is 0 Å². The Hall–Kier alpha value is -4.35. The number of hydrogen-bond donors (Lipinski definition) is 1. The molecule has 9 nitrogen and oxygen atoms in total. The number of nitrogens with zero attached hydrogens (tertiary/aromatic N) is 4. The summed E-state index contributed by atoms with van der Waals surface area (Å²) < 4.78 is 48.7. The van der Waals surface area contributed by atoms with Gasteiger partial charge in [-0.3, -0.25) is 14.4 Å². The number of fused-ring (bicyclic) bond motifs is 1. The summed E-state index contributed by atoms with van der Waals surface area (Å²) in [6.45, 7) is -0.0147. The van der Waals surface area contributed by atoms with Crippen LogP contribution in [0.5, 0.6) is 5.75 Å². The lowest BCUT2D eigenvalue weighted by Crippen LogP contribution is -2.39. The van der Waals surface area contributed by atoms with Gasteiger partial charge in [0.2, 0.25) is 0 Å². The average Bonchev–Trinajstić information content (AvgIpc) is 3.61. The van der Waals surface area contributed by atoms with Crippen molar-refractivity contribution in [3.05, 3.63) is 70.5 Å². The van der Waals surface area contributed by atoms with E-state index in [0.717, 1.165) is 30.4 Å². The number of hydrogen-bond acceptors (Lipinski definition) is 5. The van der Waals surface area contributed by atoms with Gasteiger partial charge < -0.3 is 19.9 Å². The maximum atomic E-state index is 14.1. The third kappa shape index (κ3) is 5.38. The van der Waals surface area contributed by atoms with Crippen molar-refractivity contribution in [2.45, 2.75) is 44.3 Å². The van der Waals surface area contributed by atoms with Gasteiger partial charge in [0.25, 0.3) is 17.7 Å². The maximum absolute atomic E-state index is 14.1. The van der Waals surface area contributed by atoms with Gasteiger partial charge in [0.1, 0.15) is 11.4 Å². The van der Waals surface area contributed by atoms with Crippen molar-refractivity contribution in [2.24, 2.45) is 0 Å². The highest BCUT2D eigenvalue weighted by Gasteiger charge is 2.44. The van der Waals surface area contributed by atoms with Crippen LogP contribution in [0.4, 0.5) is 18.9 Å². The molecule has 1 N–H and O–H groups in total. The zero-order valence-corrected chi connectivity index (χ0v) is 22.9. The molecule has 3 aromatic rings. The first-order chi connectivity index (χ1) is 19.5. The molecule has 1 aromatic heterocycles. The standard InChI is InChI=1S/C29H30F3N5O4/c1-35(2)27(39)17-8-10-19(11-9-17)36-15-14-21-24(28(36)40)37(34-25(21)29(30,31)32)23-13-12-20(41-3)16-22(23)26(38)33-18-6-4-5-7-18/h8-13,16,18H,4-7,14-15H2,1-3H3,(H,33,38). The topological polar surface area (TPSA) is 96.8 Å². The highest BCUT2D eigenvalue weighted by molar-refractivity contribution is 6.08. The van der Waals surface area contributed by atoms with Crippen LogP contribution in [-0.4, -0.2) is 66.2 Å². The van der Waals surface area contributed by atoms with E-state index in [9.17, 15) is 27.6 Å². The minimum absolute atomic E-state index is 0.0147. The molecular formula is C29H30F3N5O4. The van der Waals surface area contributed by atoms with Gasteiger partial charge in [-0.2, -0.15) is 18.3 Å². The quantitative estimate of drug-likeness (QED) is 0.473. The van der Waals surface area contributed by atoms with Gasteiger partial charge in [0, 0.05) is 43.5 Å². The van der Waals surface area contributed by atoms with Gasteiger partial charge >= 0.3 is 6.18 Å². The Bertz CT molecular complexity index is 1490. The second-order valence-corrected chi connectivity index (χ2v) is 10.4. The molecule has 0 unspecified atom stereocenters. The summed E-state index contributed by atoms with van der Waals surface area (Å²) >= 11 is 0. The fourth-order valence-electron chi connectivity index (χ4n) is 5.39. The SMILES string of the molecule is COc1ccc(-n2nc(C(F)(F)F)c3c2C(=O)N(c2ccc(C(=O)N(C)C)cc2)CC3)c(C(=O)NC2CCCC2)c1. The minimum atomic E-state index is -4.81. The van der Waals surface area contributed by atoms with Crippen molar-refractivity contribution in [3.8, 4) is 11.4 Å². The van der Waals surface area contributed by atoms with Crippen LogP contribution >= 0.6 is 0 Å². The van der Waals surface area contributed by atoms with Crippen molar-refractivity contribution in [1.82, 2.24) is 20.0 Å². The molecule has 2 aliphatic rings. The van der Waals surface area contributed by atoms with Crippen LogP contribution < -0.4 is 15.0 Å². The first-order valence-electron chi connectivity index (χ1n) is 13.3. The molecule has 2 heterocycles. The number of rotatable bonds is 6. The Kier molecular flexibility index (Phi) is 7.50. The number of ether oxygens (including phenoxy) is 1. The Balaban J connectivity index is 1.59. The zero-order valence-electron chi connectivity index (χ0n) is 22.9. The first-order valence-corrected chi connectivity index (χ1v) is 13.3. The third-order valence-electron chi connectivity index (χ3n) is 7.48.